The second kappa shape index (κ2) is 25.5. The summed E-state index contributed by atoms with van der Waals surface area (Å²) in [7, 11) is -2.25. The summed E-state index contributed by atoms with van der Waals surface area (Å²) in [6, 6.07) is 7.33. The maximum absolute atomic E-state index is 13.7. The third-order valence-corrected chi connectivity index (χ3v) is 15.5. The highest BCUT2D eigenvalue weighted by Gasteiger charge is 2.30. The third-order valence-electron chi connectivity index (χ3n) is 11.3. The van der Waals surface area contributed by atoms with Gasteiger partial charge in [-0.25, -0.2) is 44.2 Å². The topological polar surface area (TPSA) is 276 Å². The molecule has 2 aromatic carbocycles. The van der Waals surface area contributed by atoms with Crippen LogP contribution in [0.4, 0.5) is 32.3 Å². The highest BCUT2D eigenvalue weighted by Crippen LogP contribution is 2.27. The molecule has 4 heterocycles. The number of nitrogen functional groups attached to an aromatic ring is 2. The van der Waals surface area contributed by atoms with E-state index < -0.39 is 43.2 Å². The predicted molar refractivity (Wildman–Crippen MR) is 259 cm³/mol. The molecule has 0 radical (unpaired) electrons. The van der Waals surface area contributed by atoms with Gasteiger partial charge in [0.1, 0.15) is 34.8 Å². The number of rotatable bonds is 22. The molecule has 2 aromatic heterocycles. The van der Waals surface area contributed by atoms with Gasteiger partial charge in [-0.2, -0.15) is 9.97 Å². The molecule has 2 aliphatic heterocycles. The van der Waals surface area contributed by atoms with E-state index in [-0.39, 0.29) is 86.9 Å². The molecule has 1 atom stereocenters. The number of sulfonamides is 2. The van der Waals surface area contributed by atoms with Gasteiger partial charge >= 0.3 is 0 Å². The van der Waals surface area contributed by atoms with Gasteiger partial charge < -0.3 is 41.6 Å². The van der Waals surface area contributed by atoms with Crippen molar-refractivity contribution in [2.75, 3.05) is 100 Å². The Hall–Kier alpha value is -5.37. The van der Waals surface area contributed by atoms with Crippen molar-refractivity contribution in [3.63, 3.8) is 0 Å². The molecular formula is C44H60ClF2N11O9S2. The number of anilines is 4. The fourth-order valence-electron chi connectivity index (χ4n) is 7.61. The molecule has 0 aliphatic carbocycles. The maximum atomic E-state index is 13.7. The van der Waals surface area contributed by atoms with E-state index in [9.17, 15) is 35.2 Å². The van der Waals surface area contributed by atoms with Crippen LogP contribution in [0.15, 0.2) is 48.8 Å². The minimum Gasteiger partial charge on any atom is -0.496 e. The van der Waals surface area contributed by atoms with Gasteiger partial charge in [0.05, 0.1) is 54.6 Å². The van der Waals surface area contributed by atoms with Crippen LogP contribution in [-0.4, -0.2) is 153 Å². The largest absolute Gasteiger partial charge is 0.496 e. The van der Waals surface area contributed by atoms with Crippen molar-refractivity contribution >= 4 is 66.7 Å². The van der Waals surface area contributed by atoms with Crippen molar-refractivity contribution in [3.8, 4) is 11.5 Å². The molecule has 0 saturated carbocycles. The zero-order valence-electron chi connectivity index (χ0n) is 38.9. The Balaban J connectivity index is 0.000000260. The van der Waals surface area contributed by atoms with Gasteiger partial charge in [-0.15, -0.1) is 11.6 Å². The number of benzene rings is 2. The van der Waals surface area contributed by atoms with Crippen LogP contribution in [0.5, 0.6) is 11.5 Å². The Morgan fingerprint density at radius 1 is 0.725 bits per heavy atom. The lowest BCUT2D eigenvalue weighted by Gasteiger charge is -2.31. The van der Waals surface area contributed by atoms with Crippen LogP contribution in [-0.2, 0) is 24.8 Å². The SMILES string of the molecule is COCC(C)NCCCS(=O)(=O)N1CCC(Nc2ncc(C(=O)c3cc(F)ccc3OC)c(N)n2)CC1.COc1ccc(F)cc1C(=O)c1cnc(NC2CCN(S(=O)(=O)CCCCl)CC2)nc1N. The first-order valence-electron chi connectivity index (χ1n) is 22.2. The van der Waals surface area contributed by atoms with Gasteiger partial charge in [-0.3, -0.25) is 9.59 Å². The molecule has 2 fully saturated rings. The summed E-state index contributed by atoms with van der Waals surface area (Å²) in [5, 5.41) is 9.54. The van der Waals surface area contributed by atoms with Crippen LogP contribution in [0.1, 0.15) is 77.3 Å². The summed E-state index contributed by atoms with van der Waals surface area (Å²) in [6.07, 6.45) is 5.81. The first-order valence-corrected chi connectivity index (χ1v) is 25.9. The van der Waals surface area contributed by atoms with Gasteiger partial charge in [-0.1, -0.05) is 0 Å². The van der Waals surface area contributed by atoms with Crippen LogP contribution in [0.3, 0.4) is 0 Å². The highest BCUT2D eigenvalue weighted by atomic mass is 35.5. The molecule has 4 aromatic rings. The predicted octanol–water partition coefficient (Wildman–Crippen LogP) is 3.93. The number of carbonyl (C=O) groups excluding carboxylic acids is 2. The third kappa shape index (κ3) is 15.3. The second-order valence-corrected chi connectivity index (χ2v) is 20.9. The molecule has 20 nitrogen and oxygen atoms in total. The number of aromatic nitrogens is 4. The Bertz CT molecular complexity index is 2610. The average molecular weight is 1020 g/mol. The van der Waals surface area contributed by atoms with E-state index in [2.05, 4.69) is 35.9 Å². The average Bonchev–Trinajstić information content (AvgIpc) is 3.32. The molecule has 25 heteroatoms. The van der Waals surface area contributed by atoms with E-state index in [1.165, 1.54) is 59.5 Å². The van der Waals surface area contributed by atoms with E-state index in [1.54, 1.807) is 7.11 Å². The molecule has 2 aliphatic rings. The Morgan fingerprint density at radius 2 is 1.14 bits per heavy atom. The van der Waals surface area contributed by atoms with Crippen LogP contribution in [0.2, 0.25) is 0 Å². The molecule has 0 bridgehead atoms. The summed E-state index contributed by atoms with van der Waals surface area (Å²) in [6.45, 7) is 4.70. The first-order chi connectivity index (χ1) is 32.9. The number of nitrogens with one attached hydrogen (secondary N) is 3. The van der Waals surface area contributed by atoms with Crippen molar-refractivity contribution < 1.29 is 49.4 Å². The minimum absolute atomic E-state index is 0.0197. The molecule has 0 amide bonds. The molecule has 378 valence electrons. The lowest BCUT2D eigenvalue weighted by Crippen LogP contribution is -2.43. The van der Waals surface area contributed by atoms with Crippen LogP contribution in [0.25, 0.3) is 0 Å². The van der Waals surface area contributed by atoms with Crippen molar-refractivity contribution in [1.29, 1.82) is 0 Å². The van der Waals surface area contributed by atoms with Gasteiger partial charge in [0.25, 0.3) is 0 Å². The maximum Gasteiger partial charge on any atom is 0.224 e. The smallest absolute Gasteiger partial charge is 0.224 e. The van der Waals surface area contributed by atoms with E-state index in [1.807, 2.05) is 6.92 Å². The highest BCUT2D eigenvalue weighted by molar-refractivity contribution is 7.89. The standard InChI is InChI=1S/C24H35FN6O5S.C20H25ClFN5O4S/c1-16(15-35-2)27-9-4-12-37(33,34)31-10-7-18(8-11-31)29-24-28-14-20(23(26)30-24)22(32)19-13-17(25)5-6-21(19)36-3;1-31-17-4-3-13(22)11-15(17)18(28)16-12-24-20(26-19(16)23)25-14-5-8-27(9-6-14)32(29,30)10-2-7-21/h5-6,13-14,16,18,27H,4,7-12,15H2,1-3H3,(H3,26,28,29,30);3-4,11-12,14H,2,5-10H2,1H3,(H3,23,24,25,26). The zero-order valence-corrected chi connectivity index (χ0v) is 41.3. The lowest BCUT2D eigenvalue weighted by molar-refractivity contribution is 0.102. The second-order valence-electron chi connectivity index (χ2n) is 16.3. The summed E-state index contributed by atoms with van der Waals surface area (Å²) in [5.74, 6) is -1.05. The zero-order chi connectivity index (χ0) is 50.3. The van der Waals surface area contributed by atoms with Gasteiger partial charge in [0.15, 0.2) is 0 Å². The summed E-state index contributed by atoms with van der Waals surface area (Å²) >= 11 is 5.60. The van der Waals surface area contributed by atoms with E-state index in [0.717, 1.165) is 12.1 Å². The summed E-state index contributed by atoms with van der Waals surface area (Å²) in [4.78, 5) is 42.4. The van der Waals surface area contributed by atoms with Gasteiger partial charge in [-0.05, 0) is 88.4 Å². The number of nitrogens with two attached hydrogens (primary N) is 2. The Kier molecular flexibility index (Phi) is 20.1. The monoisotopic (exact) mass is 1020 g/mol. The number of nitrogens with zero attached hydrogens (tertiary/aromatic N) is 6. The number of hydrogen-bond donors (Lipinski definition) is 5. The van der Waals surface area contributed by atoms with Crippen molar-refractivity contribution in [2.45, 2.75) is 63.6 Å². The molecular weight excluding hydrogens is 964 g/mol. The van der Waals surface area contributed by atoms with Crippen molar-refractivity contribution in [1.82, 2.24) is 33.9 Å². The number of ether oxygens (including phenoxy) is 3. The number of piperidine rings is 2. The van der Waals surface area contributed by atoms with Gasteiger partial charge in [0, 0.05) is 69.7 Å². The van der Waals surface area contributed by atoms with Crippen LogP contribution in [0, 0.1) is 11.6 Å². The summed E-state index contributed by atoms with van der Waals surface area (Å²) < 4.78 is 95.6. The quantitative estimate of drug-likeness (QED) is 0.0424. The van der Waals surface area contributed by atoms with E-state index >= 15 is 0 Å². The van der Waals surface area contributed by atoms with E-state index in [4.69, 9.17) is 37.3 Å². The lowest BCUT2D eigenvalue weighted by atomic mass is 10.0. The number of hydrogen-bond acceptors (Lipinski definition) is 18. The molecule has 6 rings (SSSR count). The molecule has 69 heavy (non-hydrogen) atoms. The van der Waals surface area contributed by atoms with E-state index in [0.29, 0.717) is 83.7 Å². The Morgan fingerprint density at radius 3 is 1.52 bits per heavy atom. The first kappa shape index (κ1) is 54.6. The molecule has 7 N–H and O–H groups in total. The van der Waals surface area contributed by atoms with Crippen molar-refractivity contribution in [2.24, 2.45) is 0 Å². The minimum atomic E-state index is -3.34. The fraction of sp³-hybridized carbons (Fsp3) is 0.500. The van der Waals surface area contributed by atoms with Gasteiger partial charge in [0.2, 0.25) is 43.5 Å². The number of methoxy groups -OCH3 is 3. The fourth-order valence-corrected chi connectivity index (χ4v) is 11.0. The van der Waals surface area contributed by atoms with Crippen LogP contribution >= 0.6 is 11.6 Å². The number of halogens is 3. The number of alkyl halides is 1. The molecule has 0 spiro atoms. The van der Waals surface area contributed by atoms with Crippen LogP contribution < -0.4 is 36.9 Å². The molecule has 1 unspecified atom stereocenters. The number of carbonyl (C=O) groups is 2. The molecule has 2 saturated heterocycles. The van der Waals surface area contributed by atoms with Crippen molar-refractivity contribution in [3.05, 3.63) is 82.7 Å². The Labute approximate surface area is 406 Å². The number of ketones is 2. The normalized spacial score (nSPS) is 15.7. The summed E-state index contributed by atoms with van der Waals surface area (Å²) in [5.41, 5.74) is 12.1.